The van der Waals surface area contributed by atoms with E-state index in [4.69, 9.17) is 14.2 Å². The lowest BCUT2D eigenvalue weighted by molar-refractivity contribution is -0.147. The molecule has 0 atom stereocenters. The van der Waals surface area contributed by atoms with Gasteiger partial charge in [-0.2, -0.15) is 0 Å². The number of thiophene rings is 1. The van der Waals surface area contributed by atoms with E-state index in [0.717, 1.165) is 11.3 Å². The van der Waals surface area contributed by atoms with Crippen LogP contribution in [0.2, 0.25) is 0 Å². The minimum Gasteiger partial charge on any atom is -0.479 e. The molecule has 3 aromatic rings. The molecule has 0 aliphatic heterocycles. The molecule has 29 heavy (non-hydrogen) atoms. The van der Waals surface area contributed by atoms with Crippen LogP contribution in [0.3, 0.4) is 0 Å². The van der Waals surface area contributed by atoms with Crippen molar-refractivity contribution in [2.75, 3.05) is 13.2 Å². The lowest BCUT2D eigenvalue weighted by Gasteiger charge is -2.07. The summed E-state index contributed by atoms with van der Waals surface area (Å²) in [5.41, 5.74) is 0.0342. The summed E-state index contributed by atoms with van der Waals surface area (Å²) < 4.78 is 28.5. The first-order valence-electron chi connectivity index (χ1n) is 8.63. The number of aromatic nitrogens is 2. The third-order valence-corrected chi connectivity index (χ3v) is 5.03. The number of hydrogen-bond acceptors (Lipinski definition) is 8. The number of nitrogens with zero attached hydrogens (tertiary/aromatic N) is 1. The van der Waals surface area contributed by atoms with Crippen molar-refractivity contribution < 1.29 is 28.2 Å². The first kappa shape index (κ1) is 20.5. The highest BCUT2D eigenvalue weighted by molar-refractivity contribution is 7.20. The SMILES string of the molecule is CCOC(=O)c1sc2nc(COC(=O)COc3ccccc3F)[nH]c(=O)c2c1C. The van der Waals surface area contributed by atoms with E-state index in [9.17, 15) is 18.8 Å². The number of aryl methyl sites for hydroxylation is 1. The molecule has 1 aromatic carbocycles. The number of hydrogen-bond donors (Lipinski definition) is 1. The van der Waals surface area contributed by atoms with Crippen molar-refractivity contribution in [1.29, 1.82) is 0 Å². The molecule has 0 unspecified atom stereocenters. The Labute approximate surface area is 168 Å². The van der Waals surface area contributed by atoms with Gasteiger partial charge in [0.15, 0.2) is 18.2 Å². The molecule has 3 rings (SSSR count). The third kappa shape index (κ3) is 4.60. The molecule has 8 nitrogen and oxygen atoms in total. The number of carbonyl (C=O) groups is 2. The Morgan fingerprint density at radius 3 is 2.72 bits per heavy atom. The van der Waals surface area contributed by atoms with Crippen molar-refractivity contribution in [1.82, 2.24) is 9.97 Å². The van der Waals surface area contributed by atoms with Crippen LogP contribution in [0.5, 0.6) is 5.75 Å². The van der Waals surface area contributed by atoms with Crippen molar-refractivity contribution in [3.8, 4) is 5.75 Å². The highest BCUT2D eigenvalue weighted by Gasteiger charge is 2.20. The molecule has 0 radical (unpaired) electrons. The Balaban J connectivity index is 1.69. The average molecular weight is 420 g/mol. The van der Waals surface area contributed by atoms with Gasteiger partial charge in [0.2, 0.25) is 0 Å². The van der Waals surface area contributed by atoms with Gasteiger partial charge < -0.3 is 19.2 Å². The average Bonchev–Trinajstić information content (AvgIpc) is 3.03. The molecule has 0 aliphatic carbocycles. The second kappa shape index (κ2) is 8.82. The topological polar surface area (TPSA) is 108 Å². The number of rotatable bonds is 7. The van der Waals surface area contributed by atoms with Crippen LogP contribution in [0.25, 0.3) is 10.2 Å². The van der Waals surface area contributed by atoms with Crippen molar-refractivity contribution in [2.24, 2.45) is 0 Å². The standard InChI is InChI=1S/C19H17FN2O6S/c1-3-26-19(25)16-10(2)15-17(24)21-13(22-18(15)29-16)8-28-14(23)9-27-12-7-5-4-6-11(12)20/h4-7H,3,8-9H2,1-2H3,(H,21,22,24). The monoisotopic (exact) mass is 420 g/mol. The van der Waals surface area contributed by atoms with Crippen molar-refractivity contribution in [2.45, 2.75) is 20.5 Å². The minimum absolute atomic E-state index is 0.0713. The molecular weight excluding hydrogens is 403 g/mol. The molecule has 0 fully saturated rings. The molecule has 0 aliphatic rings. The van der Waals surface area contributed by atoms with Gasteiger partial charge in [-0.3, -0.25) is 4.79 Å². The molecule has 0 bridgehead atoms. The Kier molecular flexibility index (Phi) is 6.23. The van der Waals surface area contributed by atoms with E-state index in [2.05, 4.69) is 9.97 Å². The Morgan fingerprint density at radius 2 is 2.00 bits per heavy atom. The van der Waals surface area contributed by atoms with Gasteiger partial charge in [0.25, 0.3) is 5.56 Å². The minimum atomic E-state index is -0.759. The number of aromatic amines is 1. The number of para-hydroxylation sites is 1. The number of H-pyrrole nitrogens is 1. The summed E-state index contributed by atoms with van der Waals surface area (Å²) in [6.07, 6.45) is 0. The number of fused-ring (bicyclic) bond motifs is 1. The fourth-order valence-corrected chi connectivity index (χ4v) is 3.63. The first-order valence-corrected chi connectivity index (χ1v) is 9.44. The van der Waals surface area contributed by atoms with Crippen LogP contribution < -0.4 is 10.3 Å². The molecule has 10 heteroatoms. The number of nitrogens with one attached hydrogen (secondary N) is 1. The number of benzene rings is 1. The van der Waals surface area contributed by atoms with Gasteiger partial charge in [-0.15, -0.1) is 11.3 Å². The fourth-order valence-electron chi connectivity index (χ4n) is 2.54. The zero-order valence-corrected chi connectivity index (χ0v) is 16.4. The van der Waals surface area contributed by atoms with Crippen LogP contribution >= 0.6 is 11.3 Å². The predicted molar refractivity (Wildman–Crippen MR) is 103 cm³/mol. The smallest absolute Gasteiger partial charge is 0.348 e. The summed E-state index contributed by atoms with van der Waals surface area (Å²) in [4.78, 5) is 43.6. The normalized spacial score (nSPS) is 10.7. The lowest BCUT2D eigenvalue weighted by Crippen LogP contribution is -2.18. The second-order valence-electron chi connectivity index (χ2n) is 5.85. The maximum atomic E-state index is 13.5. The van der Waals surface area contributed by atoms with Gasteiger partial charge in [0.05, 0.1) is 12.0 Å². The second-order valence-corrected chi connectivity index (χ2v) is 6.85. The maximum absolute atomic E-state index is 13.5. The lowest BCUT2D eigenvalue weighted by atomic mass is 10.2. The molecule has 2 aromatic heterocycles. The van der Waals surface area contributed by atoms with Crippen LogP contribution in [-0.4, -0.2) is 35.1 Å². The fraction of sp³-hybridized carbons (Fsp3) is 0.263. The molecule has 152 valence electrons. The maximum Gasteiger partial charge on any atom is 0.348 e. The third-order valence-electron chi connectivity index (χ3n) is 3.86. The summed E-state index contributed by atoms with van der Waals surface area (Å²) in [5, 5.41) is 0.288. The molecule has 0 spiro atoms. The van der Waals surface area contributed by atoms with E-state index < -0.39 is 29.9 Å². The van der Waals surface area contributed by atoms with Crippen molar-refractivity contribution >= 4 is 33.5 Å². The summed E-state index contributed by atoms with van der Waals surface area (Å²) in [6.45, 7) is 2.73. The van der Waals surface area contributed by atoms with Gasteiger partial charge >= 0.3 is 11.9 Å². The first-order chi connectivity index (χ1) is 13.9. The molecule has 1 N–H and O–H groups in total. The van der Waals surface area contributed by atoms with E-state index in [1.54, 1.807) is 19.9 Å². The van der Waals surface area contributed by atoms with E-state index in [-0.39, 0.29) is 30.2 Å². The van der Waals surface area contributed by atoms with Gasteiger partial charge in [0, 0.05) is 0 Å². The van der Waals surface area contributed by atoms with Crippen LogP contribution in [0.1, 0.15) is 28.0 Å². The van der Waals surface area contributed by atoms with Crippen LogP contribution in [-0.2, 0) is 20.9 Å². The molecule has 0 saturated carbocycles. The van der Waals surface area contributed by atoms with E-state index in [1.807, 2.05) is 0 Å². The van der Waals surface area contributed by atoms with Crippen LogP contribution in [0.4, 0.5) is 4.39 Å². The predicted octanol–water partition coefficient (Wildman–Crippen LogP) is 2.73. The van der Waals surface area contributed by atoms with E-state index >= 15 is 0 Å². The number of carbonyl (C=O) groups excluding carboxylic acids is 2. The van der Waals surface area contributed by atoms with Crippen LogP contribution in [0.15, 0.2) is 29.1 Å². The molecule has 2 heterocycles. The van der Waals surface area contributed by atoms with Gasteiger partial charge in [-0.05, 0) is 31.5 Å². The Morgan fingerprint density at radius 1 is 1.24 bits per heavy atom. The van der Waals surface area contributed by atoms with Gasteiger partial charge in [0.1, 0.15) is 22.1 Å². The zero-order valence-electron chi connectivity index (χ0n) is 15.6. The highest BCUT2D eigenvalue weighted by Crippen LogP contribution is 2.27. The number of ether oxygens (including phenoxy) is 3. The number of halogens is 1. The Bertz CT molecular complexity index is 1120. The Hall–Kier alpha value is -3.27. The highest BCUT2D eigenvalue weighted by atomic mass is 32.1. The summed E-state index contributed by atoms with van der Waals surface area (Å²) in [6, 6.07) is 5.66. The molecule has 0 saturated heterocycles. The molecule has 0 amide bonds. The summed E-state index contributed by atoms with van der Waals surface area (Å²) in [5.74, 6) is -1.84. The van der Waals surface area contributed by atoms with E-state index in [1.165, 1.54) is 18.2 Å². The number of esters is 2. The van der Waals surface area contributed by atoms with E-state index in [0.29, 0.717) is 15.3 Å². The van der Waals surface area contributed by atoms with Gasteiger partial charge in [-0.25, -0.2) is 19.0 Å². The summed E-state index contributed by atoms with van der Waals surface area (Å²) >= 11 is 1.03. The van der Waals surface area contributed by atoms with Crippen LogP contribution in [0, 0.1) is 12.7 Å². The zero-order chi connectivity index (χ0) is 21.0. The summed E-state index contributed by atoms with van der Waals surface area (Å²) in [7, 11) is 0. The van der Waals surface area contributed by atoms with Crippen molar-refractivity contribution in [3.63, 3.8) is 0 Å². The van der Waals surface area contributed by atoms with Gasteiger partial charge in [-0.1, -0.05) is 12.1 Å². The quantitative estimate of drug-likeness (QED) is 0.586. The molecular formula is C19H17FN2O6S. The largest absolute Gasteiger partial charge is 0.479 e. The van der Waals surface area contributed by atoms with Crippen molar-refractivity contribution in [3.05, 3.63) is 56.7 Å².